The highest BCUT2D eigenvalue weighted by molar-refractivity contribution is 5.94. The molecular formula is C23H22FN3O2. The van der Waals surface area contributed by atoms with Gasteiger partial charge >= 0.3 is 0 Å². The van der Waals surface area contributed by atoms with Gasteiger partial charge in [0, 0.05) is 36.8 Å². The van der Waals surface area contributed by atoms with E-state index in [1.54, 1.807) is 29.2 Å². The molecule has 0 radical (unpaired) electrons. The first-order valence-corrected chi connectivity index (χ1v) is 9.78. The van der Waals surface area contributed by atoms with Crippen molar-refractivity contribution in [2.75, 3.05) is 13.1 Å². The van der Waals surface area contributed by atoms with Gasteiger partial charge in [0.25, 0.3) is 11.5 Å². The molecule has 6 heteroatoms. The van der Waals surface area contributed by atoms with E-state index in [4.69, 9.17) is 0 Å². The number of aromatic nitrogens is 2. The van der Waals surface area contributed by atoms with Gasteiger partial charge in [-0.1, -0.05) is 36.4 Å². The smallest absolute Gasteiger partial charge is 0.266 e. The van der Waals surface area contributed by atoms with E-state index < -0.39 is 5.82 Å². The van der Waals surface area contributed by atoms with E-state index >= 15 is 0 Å². The normalized spacial score (nSPS) is 14.7. The molecule has 1 amide bonds. The zero-order chi connectivity index (χ0) is 20.2. The van der Waals surface area contributed by atoms with Crippen LogP contribution in [-0.2, 0) is 6.54 Å². The molecule has 1 aliphatic heterocycles. The van der Waals surface area contributed by atoms with Crippen molar-refractivity contribution < 1.29 is 9.18 Å². The van der Waals surface area contributed by atoms with Crippen LogP contribution in [0.2, 0.25) is 0 Å². The monoisotopic (exact) mass is 391 g/mol. The minimum atomic E-state index is -0.408. The van der Waals surface area contributed by atoms with E-state index in [-0.39, 0.29) is 17.4 Å². The molecule has 0 saturated carbocycles. The number of piperidine rings is 1. The van der Waals surface area contributed by atoms with Crippen molar-refractivity contribution >= 4 is 5.91 Å². The number of rotatable bonds is 4. The van der Waals surface area contributed by atoms with E-state index in [0.717, 1.165) is 24.1 Å². The Hall–Kier alpha value is -3.28. The molecule has 1 aromatic heterocycles. The first-order chi connectivity index (χ1) is 14.1. The summed E-state index contributed by atoms with van der Waals surface area (Å²) in [6.45, 7) is 1.71. The maximum absolute atomic E-state index is 13.4. The van der Waals surface area contributed by atoms with E-state index in [1.807, 2.05) is 30.3 Å². The topological polar surface area (TPSA) is 55.2 Å². The van der Waals surface area contributed by atoms with Crippen LogP contribution in [-0.4, -0.2) is 33.7 Å². The molecule has 29 heavy (non-hydrogen) atoms. The van der Waals surface area contributed by atoms with Crippen molar-refractivity contribution in [1.29, 1.82) is 0 Å². The summed E-state index contributed by atoms with van der Waals surface area (Å²) in [6, 6.07) is 18.8. The zero-order valence-corrected chi connectivity index (χ0v) is 16.0. The second-order valence-corrected chi connectivity index (χ2v) is 7.35. The Morgan fingerprint density at radius 1 is 1.00 bits per heavy atom. The van der Waals surface area contributed by atoms with Gasteiger partial charge in [-0.25, -0.2) is 9.07 Å². The lowest BCUT2D eigenvalue weighted by atomic mass is 9.96. The van der Waals surface area contributed by atoms with Crippen LogP contribution in [0.1, 0.15) is 23.2 Å². The van der Waals surface area contributed by atoms with Crippen LogP contribution in [0.3, 0.4) is 0 Å². The predicted octanol–water partition coefficient (Wildman–Crippen LogP) is 3.60. The molecule has 1 aliphatic rings. The summed E-state index contributed by atoms with van der Waals surface area (Å²) in [4.78, 5) is 26.6. The summed E-state index contributed by atoms with van der Waals surface area (Å²) in [5.74, 6) is -0.290. The lowest BCUT2D eigenvalue weighted by molar-refractivity contribution is 0.0680. The first kappa shape index (κ1) is 19.1. The third-order valence-electron chi connectivity index (χ3n) is 5.34. The second-order valence-electron chi connectivity index (χ2n) is 7.35. The molecule has 4 rings (SSSR count). The van der Waals surface area contributed by atoms with Gasteiger partial charge in [0.05, 0.1) is 5.69 Å². The van der Waals surface area contributed by atoms with Crippen LogP contribution in [0.4, 0.5) is 4.39 Å². The number of hydrogen-bond acceptors (Lipinski definition) is 3. The number of nitrogens with zero attached hydrogens (tertiary/aromatic N) is 3. The molecule has 0 bridgehead atoms. The molecular weight excluding hydrogens is 369 g/mol. The fourth-order valence-corrected chi connectivity index (χ4v) is 3.71. The third-order valence-corrected chi connectivity index (χ3v) is 5.34. The lowest BCUT2D eigenvalue weighted by Gasteiger charge is -2.32. The van der Waals surface area contributed by atoms with Gasteiger partial charge in [0.15, 0.2) is 0 Å². The number of amides is 1. The molecule has 0 aliphatic carbocycles. The largest absolute Gasteiger partial charge is 0.339 e. The van der Waals surface area contributed by atoms with Crippen molar-refractivity contribution in [2.24, 2.45) is 5.92 Å². The Balaban J connectivity index is 1.41. The summed E-state index contributed by atoms with van der Waals surface area (Å²) in [5.41, 5.74) is 1.99. The van der Waals surface area contributed by atoms with E-state index in [1.165, 1.54) is 16.8 Å². The fourth-order valence-electron chi connectivity index (χ4n) is 3.71. The number of carbonyl (C=O) groups excluding carboxylic acids is 1. The van der Waals surface area contributed by atoms with Crippen molar-refractivity contribution in [3.8, 4) is 11.3 Å². The van der Waals surface area contributed by atoms with E-state index in [0.29, 0.717) is 25.2 Å². The highest BCUT2D eigenvalue weighted by atomic mass is 19.1. The van der Waals surface area contributed by atoms with Crippen LogP contribution in [0.5, 0.6) is 0 Å². The third kappa shape index (κ3) is 4.42. The minimum absolute atomic E-state index is 0.122. The standard InChI is InChI=1S/C23H22FN3O2/c24-20-8-4-7-19(15-20)23(29)26-13-11-17(12-14-26)16-27-22(28)10-9-21(25-27)18-5-2-1-3-6-18/h1-10,15,17H,11-14,16H2. The molecule has 148 valence electrons. The predicted molar refractivity (Wildman–Crippen MR) is 109 cm³/mol. The average molecular weight is 391 g/mol. The summed E-state index contributed by atoms with van der Waals surface area (Å²) in [7, 11) is 0. The van der Waals surface area contributed by atoms with E-state index in [9.17, 15) is 14.0 Å². The maximum atomic E-state index is 13.4. The van der Waals surface area contributed by atoms with Crippen LogP contribution >= 0.6 is 0 Å². The molecule has 2 aromatic carbocycles. The van der Waals surface area contributed by atoms with Gasteiger partial charge < -0.3 is 4.90 Å². The van der Waals surface area contributed by atoms with Gasteiger partial charge in [-0.15, -0.1) is 0 Å². The van der Waals surface area contributed by atoms with Gasteiger partial charge in [-0.05, 0) is 43.0 Å². The Morgan fingerprint density at radius 2 is 1.76 bits per heavy atom. The Labute approximate surface area is 168 Å². The van der Waals surface area contributed by atoms with Gasteiger partial charge in [-0.2, -0.15) is 5.10 Å². The average Bonchev–Trinajstić information content (AvgIpc) is 2.76. The van der Waals surface area contributed by atoms with Crippen LogP contribution < -0.4 is 5.56 Å². The molecule has 1 saturated heterocycles. The SMILES string of the molecule is O=C(c1cccc(F)c1)N1CCC(Cn2nc(-c3ccccc3)ccc2=O)CC1. The van der Waals surface area contributed by atoms with Gasteiger partial charge in [0.2, 0.25) is 0 Å². The Morgan fingerprint density at radius 3 is 2.48 bits per heavy atom. The molecule has 0 N–H and O–H groups in total. The summed E-state index contributed by atoms with van der Waals surface area (Å²) in [5, 5.41) is 4.53. The Bertz CT molecular complexity index is 1060. The van der Waals surface area contributed by atoms with Crippen molar-refractivity contribution in [1.82, 2.24) is 14.7 Å². The number of halogens is 1. The second kappa shape index (κ2) is 8.39. The van der Waals surface area contributed by atoms with Crippen molar-refractivity contribution in [3.05, 3.63) is 88.5 Å². The van der Waals surface area contributed by atoms with Crippen LogP contribution in [0.15, 0.2) is 71.5 Å². The molecule has 3 aromatic rings. The van der Waals surface area contributed by atoms with Crippen LogP contribution in [0, 0.1) is 11.7 Å². The van der Waals surface area contributed by atoms with Gasteiger partial charge in [0.1, 0.15) is 5.82 Å². The summed E-state index contributed by atoms with van der Waals surface area (Å²) in [6.07, 6.45) is 1.56. The first-order valence-electron chi connectivity index (χ1n) is 9.78. The molecule has 0 unspecified atom stereocenters. The van der Waals surface area contributed by atoms with Crippen LogP contribution in [0.25, 0.3) is 11.3 Å². The summed E-state index contributed by atoms with van der Waals surface area (Å²) < 4.78 is 14.9. The van der Waals surface area contributed by atoms with E-state index in [2.05, 4.69) is 5.10 Å². The van der Waals surface area contributed by atoms with Crippen molar-refractivity contribution in [2.45, 2.75) is 19.4 Å². The molecule has 0 spiro atoms. The number of benzene rings is 2. The maximum Gasteiger partial charge on any atom is 0.266 e. The van der Waals surface area contributed by atoms with Gasteiger partial charge in [-0.3, -0.25) is 9.59 Å². The molecule has 2 heterocycles. The highest BCUT2D eigenvalue weighted by Crippen LogP contribution is 2.21. The fraction of sp³-hybridized carbons (Fsp3) is 0.261. The minimum Gasteiger partial charge on any atom is -0.339 e. The lowest BCUT2D eigenvalue weighted by Crippen LogP contribution is -2.40. The summed E-state index contributed by atoms with van der Waals surface area (Å²) >= 11 is 0. The zero-order valence-electron chi connectivity index (χ0n) is 16.0. The highest BCUT2D eigenvalue weighted by Gasteiger charge is 2.24. The number of carbonyl (C=O) groups is 1. The number of likely N-dealkylation sites (tertiary alicyclic amines) is 1. The molecule has 1 fully saturated rings. The number of hydrogen-bond donors (Lipinski definition) is 0. The molecule has 5 nitrogen and oxygen atoms in total. The Kier molecular flexibility index (Phi) is 5.51. The van der Waals surface area contributed by atoms with Crippen molar-refractivity contribution in [3.63, 3.8) is 0 Å². The molecule has 0 atom stereocenters. The quantitative estimate of drug-likeness (QED) is 0.683.